The van der Waals surface area contributed by atoms with Crippen LogP contribution in [-0.4, -0.2) is 32.5 Å². The fourth-order valence-electron chi connectivity index (χ4n) is 1.49. The van der Waals surface area contributed by atoms with Gasteiger partial charge in [-0.2, -0.15) is 0 Å². The summed E-state index contributed by atoms with van der Waals surface area (Å²) < 4.78 is 27.1. The first-order valence-electron chi connectivity index (χ1n) is 6.25. The molecule has 1 aromatic rings. The molecule has 0 spiro atoms. The lowest BCUT2D eigenvalue weighted by molar-refractivity contribution is 0.553. The number of thioether (sulfide) groups is 1. The van der Waals surface area contributed by atoms with Gasteiger partial charge in [0.25, 0.3) is 0 Å². The summed E-state index contributed by atoms with van der Waals surface area (Å²) in [5.41, 5.74) is 0.645. The van der Waals surface area contributed by atoms with E-state index < -0.39 is 15.3 Å². The standard InChI is InChI=1S/C13H22N2O2S2/c1-10(2)14-9-11(3)19(16,17)15-12-7-5-6-8-13(12)18-4/h5-8,10-11,14-15H,9H2,1-4H3. The minimum atomic E-state index is -3.37. The molecule has 0 amide bonds. The van der Waals surface area contributed by atoms with Crippen molar-refractivity contribution in [2.45, 2.75) is 37.0 Å². The molecular formula is C13H22N2O2S2. The van der Waals surface area contributed by atoms with Gasteiger partial charge >= 0.3 is 0 Å². The van der Waals surface area contributed by atoms with Crippen LogP contribution in [0.4, 0.5) is 5.69 Å². The number of hydrogen-bond donors (Lipinski definition) is 2. The van der Waals surface area contributed by atoms with Crippen molar-refractivity contribution in [2.75, 3.05) is 17.5 Å². The number of para-hydroxylation sites is 1. The summed E-state index contributed by atoms with van der Waals surface area (Å²) in [7, 11) is -3.37. The van der Waals surface area contributed by atoms with Crippen LogP contribution in [0.15, 0.2) is 29.2 Å². The van der Waals surface area contributed by atoms with Crippen LogP contribution in [0.3, 0.4) is 0 Å². The SMILES string of the molecule is CSc1ccccc1NS(=O)(=O)C(C)CNC(C)C. The smallest absolute Gasteiger partial charge is 0.236 e. The van der Waals surface area contributed by atoms with Crippen molar-refractivity contribution in [3.63, 3.8) is 0 Å². The monoisotopic (exact) mass is 302 g/mol. The largest absolute Gasteiger partial charge is 0.313 e. The molecule has 2 N–H and O–H groups in total. The highest BCUT2D eigenvalue weighted by Gasteiger charge is 2.21. The van der Waals surface area contributed by atoms with Crippen LogP contribution in [0.2, 0.25) is 0 Å². The highest BCUT2D eigenvalue weighted by atomic mass is 32.2. The van der Waals surface area contributed by atoms with Gasteiger partial charge in [0.05, 0.1) is 10.9 Å². The van der Waals surface area contributed by atoms with E-state index >= 15 is 0 Å². The predicted molar refractivity (Wildman–Crippen MR) is 83.4 cm³/mol. The maximum absolute atomic E-state index is 12.2. The van der Waals surface area contributed by atoms with Crippen LogP contribution in [0.25, 0.3) is 0 Å². The van der Waals surface area contributed by atoms with Crippen molar-refractivity contribution < 1.29 is 8.42 Å². The zero-order chi connectivity index (χ0) is 14.5. The quantitative estimate of drug-likeness (QED) is 0.760. The normalized spacial score (nSPS) is 13.5. The molecule has 0 radical (unpaired) electrons. The fourth-order valence-corrected chi connectivity index (χ4v) is 3.11. The minimum absolute atomic E-state index is 0.274. The van der Waals surface area contributed by atoms with Crippen molar-refractivity contribution >= 4 is 27.5 Å². The fraction of sp³-hybridized carbons (Fsp3) is 0.538. The van der Waals surface area contributed by atoms with Gasteiger partial charge < -0.3 is 5.32 Å². The van der Waals surface area contributed by atoms with E-state index in [4.69, 9.17) is 0 Å². The Labute approximate surface area is 120 Å². The number of anilines is 1. The minimum Gasteiger partial charge on any atom is -0.313 e. The van der Waals surface area contributed by atoms with Gasteiger partial charge in [0, 0.05) is 17.5 Å². The molecule has 1 rings (SSSR count). The summed E-state index contributed by atoms with van der Waals surface area (Å²) in [6.07, 6.45) is 1.93. The van der Waals surface area contributed by atoms with E-state index in [1.165, 1.54) is 11.8 Å². The first-order valence-corrected chi connectivity index (χ1v) is 9.02. The van der Waals surface area contributed by atoms with Crippen molar-refractivity contribution in [1.29, 1.82) is 0 Å². The van der Waals surface area contributed by atoms with E-state index in [2.05, 4.69) is 10.0 Å². The first-order chi connectivity index (χ1) is 8.86. The zero-order valence-electron chi connectivity index (χ0n) is 11.8. The molecule has 4 nitrogen and oxygen atoms in total. The van der Waals surface area contributed by atoms with Crippen LogP contribution in [0.5, 0.6) is 0 Å². The third-order valence-corrected chi connectivity index (χ3v) is 5.23. The predicted octanol–water partition coefficient (Wildman–Crippen LogP) is 2.54. The average molecular weight is 302 g/mol. The van der Waals surface area contributed by atoms with Gasteiger partial charge in [-0.1, -0.05) is 26.0 Å². The second kappa shape index (κ2) is 7.17. The molecule has 0 aliphatic carbocycles. The Morgan fingerprint density at radius 3 is 2.42 bits per heavy atom. The van der Waals surface area contributed by atoms with Crippen LogP contribution in [0.1, 0.15) is 20.8 Å². The number of hydrogen-bond acceptors (Lipinski definition) is 4. The summed E-state index contributed by atoms with van der Waals surface area (Å²) in [6.45, 7) is 6.14. The highest BCUT2D eigenvalue weighted by molar-refractivity contribution is 7.99. The second-order valence-corrected chi connectivity index (χ2v) is 7.67. The van der Waals surface area contributed by atoms with Gasteiger partial charge in [-0.3, -0.25) is 4.72 Å². The van der Waals surface area contributed by atoms with Gasteiger partial charge in [0.2, 0.25) is 10.0 Å². The summed E-state index contributed by atoms with van der Waals surface area (Å²) >= 11 is 1.52. The molecular weight excluding hydrogens is 280 g/mol. The molecule has 0 saturated carbocycles. The van der Waals surface area contributed by atoms with Gasteiger partial charge in [-0.05, 0) is 25.3 Å². The molecule has 1 unspecified atom stereocenters. The topological polar surface area (TPSA) is 58.2 Å². The Balaban J connectivity index is 2.78. The van der Waals surface area contributed by atoms with Crippen molar-refractivity contribution in [1.82, 2.24) is 5.32 Å². The Kier molecular flexibility index (Phi) is 6.16. The third-order valence-electron chi connectivity index (χ3n) is 2.70. The van der Waals surface area contributed by atoms with Gasteiger partial charge in [0.15, 0.2) is 0 Å². The second-order valence-electron chi connectivity index (χ2n) is 4.72. The Hall–Kier alpha value is -0.720. The number of rotatable bonds is 7. The summed E-state index contributed by atoms with van der Waals surface area (Å²) in [5, 5.41) is 2.66. The number of benzene rings is 1. The molecule has 108 valence electrons. The Bertz CT molecular complexity index is 501. The van der Waals surface area contributed by atoms with E-state index in [1.54, 1.807) is 13.0 Å². The molecule has 6 heteroatoms. The first kappa shape index (κ1) is 16.3. The molecule has 0 aromatic heterocycles. The average Bonchev–Trinajstić information content (AvgIpc) is 2.36. The molecule has 0 bridgehead atoms. The van der Waals surface area contributed by atoms with Crippen LogP contribution in [0, 0.1) is 0 Å². The zero-order valence-corrected chi connectivity index (χ0v) is 13.4. The maximum atomic E-state index is 12.2. The molecule has 19 heavy (non-hydrogen) atoms. The van der Waals surface area contributed by atoms with Crippen molar-refractivity contribution in [3.05, 3.63) is 24.3 Å². The number of nitrogens with one attached hydrogen (secondary N) is 2. The van der Waals surface area contributed by atoms with E-state index in [9.17, 15) is 8.42 Å². The van der Waals surface area contributed by atoms with Gasteiger partial charge in [-0.15, -0.1) is 11.8 Å². The third kappa shape index (κ3) is 5.04. The molecule has 0 aliphatic rings. The van der Waals surface area contributed by atoms with E-state index in [0.717, 1.165) is 4.90 Å². The Morgan fingerprint density at radius 2 is 1.84 bits per heavy atom. The molecule has 0 aliphatic heterocycles. The lowest BCUT2D eigenvalue weighted by Gasteiger charge is -2.18. The van der Waals surface area contributed by atoms with Crippen molar-refractivity contribution in [2.24, 2.45) is 0 Å². The van der Waals surface area contributed by atoms with Gasteiger partial charge in [0.1, 0.15) is 0 Å². The summed E-state index contributed by atoms with van der Waals surface area (Å²) in [5.74, 6) is 0. The van der Waals surface area contributed by atoms with Crippen LogP contribution in [-0.2, 0) is 10.0 Å². The Morgan fingerprint density at radius 1 is 1.21 bits per heavy atom. The van der Waals surface area contributed by atoms with Crippen molar-refractivity contribution in [3.8, 4) is 0 Å². The maximum Gasteiger partial charge on any atom is 0.236 e. The summed E-state index contributed by atoms with van der Waals surface area (Å²) in [4.78, 5) is 0.926. The molecule has 0 heterocycles. The molecule has 0 saturated heterocycles. The van der Waals surface area contributed by atoms with Crippen LogP contribution < -0.4 is 10.0 Å². The molecule has 1 aromatic carbocycles. The number of sulfonamides is 1. The van der Waals surface area contributed by atoms with E-state index in [-0.39, 0.29) is 6.04 Å². The lowest BCUT2D eigenvalue weighted by atomic mass is 10.3. The molecule has 0 fully saturated rings. The lowest BCUT2D eigenvalue weighted by Crippen LogP contribution is -2.37. The summed E-state index contributed by atoms with van der Waals surface area (Å²) in [6, 6.07) is 7.68. The van der Waals surface area contributed by atoms with E-state index in [1.807, 2.05) is 38.3 Å². The van der Waals surface area contributed by atoms with E-state index in [0.29, 0.717) is 12.2 Å². The van der Waals surface area contributed by atoms with Crippen LogP contribution >= 0.6 is 11.8 Å². The van der Waals surface area contributed by atoms with Gasteiger partial charge in [-0.25, -0.2) is 8.42 Å². The molecule has 1 atom stereocenters. The highest BCUT2D eigenvalue weighted by Crippen LogP contribution is 2.26.